The lowest BCUT2D eigenvalue weighted by molar-refractivity contribution is 0.169. The van der Waals surface area contributed by atoms with Gasteiger partial charge in [-0.05, 0) is 18.6 Å². The summed E-state index contributed by atoms with van der Waals surface area (Å²) in [4.78, 5) is 3.95. The monoisotopic (exact) mass is 253 g/mol. The SMILES string of the molecule is Cc1cc(C(O)Cc2ncnn2C)c(F)cc1F. The van der Waals surface area contributed by atoms with Crippen LogP contribution >= 0.6 is 0 Å². The van der Waals surface area contributed by atoms with E-state index in [0.29, 0.717) is 11.4 Å². The van der Waals surface area contributed by atoms with Gasteiger partial charge in [-0.2, -0.15) is 5.10 Å². The van der Waals surface area contributed by atoms with Crippen LogP contribution in [0, 0.1) is 18.6 Å². The van der Waals surface area contributed by atoms with Crippen molar-refractivity contribution >= 4 is 0 Å². The van der Waals surface area contributed by atoms with Gasteiger partial charge in [0, 0.05) is 25.1 Å². The lowest BCUT2D eigenvalue weighted by Gasteiger charge is -2.12. The van der Waals surface area contributed by atoms with E-state index < -0.39 is 17.7 Å². The summed E-state index contributed by atoms with van der Waals surface area (Å²) in [5, 5.41) is 13.8. The highest BCUT2D eigenvalue weighted by atomic mass is 19.1. The third-order valence-corrected chi connectivity index (χ3v) is 2.82. The fraction of sp³-hybridized carbons (Fsp3) is 0.333. The number of aliphatic hydroxyl groups excluding tert-OH is 1. The fourth-order valence-corrected chi connectivity index (χ4v) is 1.72. The Labute approximate surface area is 103 Å². The Morgan fingerprint density at radius 1 is 1.33 bits per heavy atom. The maximum atomic E-state index is 13.6. The summed E-state index contributed by atoms with van der Waals surface area (Å²) in [6.07, 6.45) is 0.402. The van der Waals surface area contributed by atoms with E-state index in [9.17, 15) is 13.9 Å². The zero-order valence-corrected chi connectivity index (χ0v) is 10.1. The molecule has 1 unspecified atom stereocenters. The molecule has 0 radical (unpaired) electrons. The predicted molar refractivity (Wildman–Crippen MR) is 60.8 cm³/mol. The second-order valence-electron chi connectivity index (χ2n) is 4.14. The van der Waals surface area contributed by atoms with E-state index in [2.05, 4.69) is 10.1 Å². The molecule has 0 bridgehead atoms. The number of aryl methyl sites for hydroxylation is 2. The van der Waals surface area contributed by atoms with Gasteiger partial charge in [0.05, 0.1) is 6.10 Å². The zero-order valence-electron chi connectivity index (χ0n) is 10.1. The number of halogens is 2. The first-order valence-corrected chi connectivity index (χ1v) is 5.45. The summed E-state index contributed by atoms with van der Waals surface area (Å²) in [6.45, 7) is 1.52. The van der Waals surface area contributed by atoms with Gasteiger partial charge in [-0.1, -0.05) is 0 Å². The lowest BCUT2D eigenvalue weighted by atomic mass is 10.0. The highest BCUT2D eigenvalue weighted by Gasteiger charge is 2.17. The van der Waals surface area contributed by atoms with Crippen molar-refractivity contribution in [3.05, 3.63) is 47.0 Å². The third-order valence-electron chi connectivity index (χ3n) is 2.82. The number of hydrogen-bond acceptors (Lipinski definition) is 3. The molecule has 0 saturated heterocycles. The van der Waals surface area contributed by atoms with Crippen LogP contribution in [0.15, 0.2) is 18.5 Å². The molecule has 1 aromatic heterocycles. The van der Waals surface area contributed by atoms with Gasteiger partial charge in [0.15, 0.2) is 0 Å². The molecule has 6 heteroatoms. The van der Waals surface area contributed by atoms with Crippen molar-refractivity contribution in [2.45, 2.75) is 19.4 Å². The van der Waals surface area contributed by atoms with Crippen molar-refractivity contribution < 1.29 is 13.9 Å². The molecule has 0 amide bonds. The number of rotatable bonds is 3. The van der Waals surface area contributed by atoms with Gasteiger partial charge in [0.1, 0.15) is 23.8 Å². The van der Waals surface area contributed by atoms with Crippen molar-refractivity contribution in [1.82, 2.24) is 14.8 Å². The van der Waals surface area contributed by atoms with Gasteiger partial charge < -0.3 is 5.11 Å². The molecular weight excluding hydrogens is 240 g/mol. The van der Waals surface area contributed by atoms with Crippen LogP contribution in [-0.4, -0.2) is 19.9 Å². The standard InChI is InChI=1S/C12H13F2N3O/c1-7-3-8(10(14)4-9(7)13)11(18)5-12-15-6-16-17(12)2/h3-4,6,11,18H,5H2,1-2H3. The minimum atomic E-state index is -1.08. The van der Waals surface area contributed by atoms with Gasteiger partial charge in [0.25, 0.3) is 0 Å². The van der Waals surface area contributed by atoms with Crippen molar-refractivity contribution in [1.29, 1.82) is 0 Å². The Hall–Kier alpha value is -1.82. The maximum absolute atomic E-state index is 13.6. The average molecular weight is 253 g/mol. The van der Waals surface area contributed by atoms with Crippen LogP contribution in [0.2, 0.25) is 0 Å². The molecule has 0 saturated carbocycles. The molecule has 1 atom stereocenters. The molecule has 0 spiro atoms. The Bertz CT molecular complexity index is 568. The summed E-state index contributed by atoms with van der Waals surface area (Å²) in [6, 6.07) is 2.09. The molecule has 18 heavy (non-hydrogen) atoms. The number of benzene rings is 1. The Balaban J connectivity index is 2.26. The molecular formula is C12H13F2N3O. The average Bonchev–Trinajstić information content (AvgIpc) is 2.69. The number of hydrogen-bond donors (Lipinski definition) is 1. The molecule has 1 N–H and O–H groups in total. The van der Waals surface area contributed by atoms with Gasteiger partial charge >= 0.3 is 0 Å². The Kier molecular flexibility index (Phi) is 3.38. The maximum Gasteiger partial charge on any atom is 0.138 e. The van der Waals surface area contributed by atoms with E-state index in [4.69, 9.17) is 0 Å². The van der Waals surface area contributed by atoms with Crippen LogP contribution in [0.3, 0.4) is 0 Å². The topological polar surface area (TPSA) is 50.9 Å². The van der Waals surface area contributed by atoms with Crippen LogP contribution in [0.4, 0.5) is 8.78 Å². The first kappa shape index (κ1) is 12.6. The molecule has 2 rings (SSSR count). The van der Waals surface area contributed by atoms with E-state index in [0.717, 1.165) is 6.07 Å². The number of aliphatic hydroxyl groups is 1. The van der Waals surface area contributed by atoms with E-state index in [1.165, 1.54) is 24.0 Å². The Morgan fingerprint density at radius 3 is 2.67 bits per heavy atom. The normalized spacial score (nSPS) is 12.7. The summed E-state index contributed by atoms with van der Waals surface area (Å²) >= 11 is 0. The van der Waals surface area contributed by atoms with E-state index in [1.807, 2.05) is 0 Å². The van der Waals surface area contributed by atoms with Crippen molar-refractivity contribution in [3.8, 4) is 0 Å². The van der Waals surface area contributed by atoms with E-state index in [1.54, 1.807) is 7.05 Å². The number of nitrogens with zero attached hydrogens (tertiary/aromatic N) is 3. The second kappa shape index (κ2) is 4.81. The van der Waals surface area contributed by atoms with E-state index >= 15 is 0 Å². The summed E-state index contributed by atoms with van der Waals surface area (Å²) in [5.41, 5.74) is 0.361. The molecule has 0 aliphatic carbocycles. The first-order valence-electron chi connectivity index (χ1n) is 5.45. The smallest absolute Gasteiger partial charge is 0.138 e. The molecule has 0 fully saturated rings. The quantitative estimate of drug-likeness (QED) is 0.905. The second-order valence-corrected chi connectivity index (χ2v) is 4.14. The minimum absolute atomic E-state index is 0.0666. The van der Waals surface area contributed by atoms with Gasteiger partial charge in [-0.25, -0.2) is 13.8 Å². The van der Waals surface area contributed by atoms with Crippen molar-refractivity contribution in [2.75, 3.05) is 0 Å². The predicted octanol–water partition coefficient (Wildman–Crippen LogP) is 1.68. The molecule has 2 aromatic rings. The summed E-state index contributed by atoms with van der Waals surface area (Å²) < 4.78 is 28.2. The zero-order chi connectivity index (χ0) is 13.3. The van der Waals surface area contributed by atoms with Crippen LogP contribution in [-0.2, 0) is 13.5 Å². The summed E-state index contributed by atoms with van der Waals surface area (Å²) in [5.74, 6) is -0.848. The molecule has 4 nitrogen and oxygen atoms in total. The van der Waals surface area contributed by atoms with Crippen LogP contribution < -0.4 is 0 Å². The minimum Gasteiger partial charge on any atom is -0.388 e. The largest absolute Gasteiger partial charge is 0.388 e. The highest BCUT2D eigenvalue weighted by molar-refractivity contribution is 5.27. The molecule has 1 heterocycles. The highest BCUT2D eigenvalue weighted by Crippen LogP contribution is 2.23. The first-order chi connectivity index (χ1) is 8.49. The Morgan fingerprint density at radius 2 is 2.06 bits per heavy atom. The molecule has 0 aliphatic heterocycles. The van der Waals surface area contributed by atoms with E-state index in [-0.39, 0.29) is 12.0 Å². The number of aromatic nitrogens is 3. The summed E-state index contributed by atoms with van der Waals surface area (Å²) in [7, 11) is 1.68. The van der Waals surface area contributed by atoms with Gasteiger partial charge in [-0.15, -0.1) is 0 Å². The molecule has 96 valence electrons. The van der Waals surface area contributed by atoms with Crippen LogP contribution in [0.25, 0.3) is 0 Å². The molecule has 0 aliphatic rings. The van der Waals surface area contributed by atoms with Crippen molar-refractivity contribution in [3.63, 3.8) is 0 Å². The van der Waals surface area contributed by atoms with Crippen LogP contribution in [0.1, 0.15) is 23.1 Å². The van der Waals surface area contributed by atoms with Gasteiger partial charge in [0.2, 0.25) is 0 Å². The third kappa shape index (κ3) is 2.38. The fourth-order valence-electron chi connectivity index (χ4n) is 1.72. The van der Waals surface area contributed by atoms with Crippen molar-refractivity contribution in [2.24, 2.45) is 7.05 Å². The van der Waals surface area contributed by atoms with Crippen LogP contribution in [0.5, 0.6) is 0 Å². The molecule has 1 aromatic carbocycles. The van der Waals surface area contributed by atoms with Gasteiger partial charge in [-0.3, -0.25) is 4.68 Å². The lowest BCUT2D eigenvalue weighted by Crippen LogP contribution is -2.10.